The third-order valence-electron chi connectivity index (χ3n) is 3.57. The lowest BCUT2D eigenvalue weighted by atomic mass is 10.1. The molecule has 1 heterocycles. The van der Waals surface area contributed by atoms with Crippen LogP contribution in [0.4, 0.5) is 0 Å². The molecule has 16 heavy (non-hydrogen) atoms. The first-order valence-electron chi connectivity index (χ1n) is 5.98. The van der Waals surface area contributed by atoms with Crippen LogP contribution in [0.1, 0.15) is 41.3 Å². The maximum atomic E-state index is 12.2. The average Bonchev–Trinajstić information content (AvgIpc) is 2.67. The highest BCUT2D eigenvalue weighted by Gasteiger charge is 2.25. The molecule has 1 atom stereocenters. The van der Waals surface area contributed by atoms with Gasteiger partial charge < -0.3 is 4.90 Å². The number of rotatable bonds is 1. The lowest BCUT2D eigenvalue weighted by Gasteiger charge is -2.21. The van der Waals surface area contributed by atoms with E-state index in [9.17, 15) is 4.79 Å². The first-order chi connectivity index (χ1) is 7.59. The molecule has 0 N–H and O–H groups in total. The Morgan fingerprint density at radius 2 is 2.06 bits per heavy atom. The summed E-state index contributed by atoms with van der Waals surface area (Å²) < 4.78 is 0. The Bertz CT molecular complexity index is 411. The molecule has 0 aromatic heterocycles. The fraction of sp³-hybridized carbons (Fsp3) is 0.500. The number of amides is 1. The Kier molecular flexibility index (Phi) is 2.99. The summed E-state index contributed by atoms with van der Waals surface area (Å²) in [5.74, 6) is 0.188. The molecule has 1 aliphatic rings. The maximum absolute atomic E-state index is 12.2. The highest BCUT2D eigenvalue weighted by molar-refractivity contribution is 5.94. The average molecular weight is 217 g/mol. The fourth-order valence-electron chi connectivity index (χ4n) is 2.28. The van der Waals surface area contributed by atoms with Gasteiger partial charge in [0.25, 0.3) is 5.91 Å². The van der Waals surface area contributed by atoms with Crippen LogP contribution in [0.25, 0.3) is 0 Å². The van der Waals surface area contributed by atoms with Crippen LogP contribution in [0.2, 0.25) is 0 Å². The summed E-state index contributed by atoms with van der Waals surface area (Å²) in [6.45, 7) is 7.17. The van der Waals surface area contributed by atoms with Crippen LogP contribution >= 0.6 is 0 Å². The van der Waals surface area contributed by atoms with Crippen molar-refractivity contribution in [1.82, 2.24) is 4.90 Å². The third-order valence-corrected chi connectivity index (χ3v) is 3.57. The molecule has 2 rings (SSSR count). The molecular weight excluding hydrogens is 198 g/mol. The van der Waals surface area contributed by atoms with Crippen molar-refractivity contribution in [2.75, 3.05) is 6.54 Å². The number of nitrogens with zero attached hydrogens (tertiary/aromatic N) is 1. The molecule has 0 spiro atoms. The fourth-order valence-corrected chi connectivity index (χ4v) is 2.28. The Morgan fingerprint density at radius 1 is 1.31 bits per heavy atom. The van der Waals surface area contributed by atoms with E-state index in [2.05, 4.69) is 20.8 Å². The maximum Gasteiger partial charge on any atom is 0.254 e. The van der Waals surface area contributed by atoms with Gasteiger partial charge in [0.1, 0.15) is 0 Å². The van der Waals surface area contributed by atoms with Gasteiger partial charge in [0.15, 0.2) is 0 Å². The van der Waals surface area contributed by atoms with Crippen molar-refractivity contribution < 1.29 is 4.79 Å². The van der Waals surface area contributed by atoms with Gasteiger partial charge in [0.05, 0.1) is 0 Å². The van der Waals surface area contributed by atoms with E-state index in [1.54, 1.807) is 0 Å². The summed E-state index contributed by atoms with van der Waals surface area (Å²) in [5, 5.41) is 0. The Labute approximate surface area is 97.3 Å². The molecule has 0 bridgehead atoms. The SMILES string of the molecule is Cc1ccc(C(=O)N2CCCC2C)cc1C. The van der Waals surface area contributed by atoms with Gasteiger partial charge >= 0.3 is 0 Å². The minimum Gasteiger partial charge on any atom is -0.336 e. The van der Waals surface area contributed by atoms with E-state index in [0.29, 0.717) is 6.04 Å². The second kappa shape index (κ2) is 4.28. The lowest BCUT2D eigenvalue weighted by molar-refractivity contribution is 0.0747. The van der Waals surface area contributed by atoms with Crippen molar-refractivity contribution in [3.8, 4) is 0 Å². The largest absolute Gasteiger partial charge is 0.336 e. The standard InChI is InChI=1S/C14H19NO/c1-10-6-7-13(9-11(10)2)14(16)15-8-4-5-12(15)3/h6-7,9,12H,4-5,8H2,1-3H3. The van der Waals surface area contributed by atoms with Crippen molar-refractivity contribution in [1.29, 1.82) is 0 Å². The van der Waals surface area contributed by atoms with Crippen molar-refractivity contribution in [2.24, 2.45) is 0 Å². The molecule has 2 nitrogen and oxygen atoms in total. The van der Waals surface area contributed by atoms with Gasteiger partial charge in [-0.2, -0.15) is 0 Å². The molecule has 0 saturated carbocycles. The van der Waals surface area contributed by atoms with Gasteiger partial charge in [-0.15, -0.1) is 0 Å². The van der Waals surface area contributed by atoms with Crippen LogP contribution in [0.15, 0.2) is 18.2 Å². The van der Waals surface area contributed by atoms with Crippen molar-refractivity contribution >= 4 is 5.91 Å². The van der Waals surface area contributed by atoms with Gasteiger partial charge in [-0.1, -0.05) is 6.07 Å². The topological polar surface area (TPSA) is 20.3 Å². The van der Waals surface area contributed by atoms with Crippen LogP contribution in [0.3, 0.4) is 0 Å². The summed E-state index contributed by atoms with van der Waals surface area (Å²) >= 11 is 0. The summed E-state index contributed by atoms with van der Waals surface area (Å²) in [7, 11) is 0. The zero-order valence-corrected chi connectivity index (χ0v) is 10.3. The Balaban J connectivity index is 2.23. The predicted octanol–water partition coefficient (Wildman–Crippen LogP) is 2.93. The van der Waals surface area contributed by atoms with Gasteiger partial charge in [-0.3, -0.25) is 4.79 Å². The normalized spacial score (nSPS) is 20.2. The van der Waals surface area contributed by atoms with E-state index in [-0.39, 0.29) is 5.91 Å². The van der Waals surface area contributed by atoms with Crippen molar-refractivity contribution in [3.63, 3.8) is 0 Å². The Hall–Kier alpha value is -1.31. The van der Waals surface area contributed by atoms with Crippen LogP contribution in [0.5, 0.6) is 0 Å². The van der Waals surface area contributed by atoms with E-state index in [4.69, 9.17) is 0 Å². The van der Waals surface area contributed by atoms with Crippen molar-refractivity contribution in [2.45, 2.75) is 39.7 Å². The van der Waals surface area contributed by atoms with Gasteiger partial charge in [0, 0.05) is 18.2 Å². The minimum atomic E-state index is 0.188. The molecule has 0 radical (unpaired) electrons. The number of likely N-dealkylation sites (tertiary alicyclic amines) is 1. The Morgan fingerprint density at radius 3 is 2.62 bits per heavy atom. The first kappa shape index (κ1) is 11.2. The monoisotopic (exact) mass is 217 g/mol. The quantitative estimate of drug-likeness (QED) is 0.708. The molecule has 1 saturated heterocycles. The van der Waals surface area contributed by atoms with E-state index in [0.717, 1.165) is 24.9 Å². The first-order valence-corrected chi connectivity index (χ1v) is 5.98. The van der Waals surface area contributed by atoms with Gasteiger partial charge in [-0.25, -0.2) is 0 Å². The van der Waals surface area contributed by atoms with Crippen molar-refractivity contribution in [3.05, 3.63) is 34.9 Å². The van der Waals surface area contributed by atoms with Crippen LogP contribution in [-0.4, -0.2) is 23.4 Å². The summed E-state index contributed by atoms with van der Waals surface area (Å²) in [6, 6.07) is 6.37. The molecule has 1 aliphatic heterocycles. The van der Waals surface area contributed by atoms with E-state index in [1.807, 2.05) is 23.1 Å². The smallest absolute Gasteiger partial charge is 0.254 e. The summed E-state index contributed by atoms with van der Waals surface area (Å²) in [6.07, 6.45) is 2.27. The molecule has 1 fully saturated rings. The molecule has 0 aliphatic carbocycles. The third kappa shape index (κ3) is 1.97. The highest BCUT2D eigenvalue weighted by Crippen LogP contribution is 2.20. The zero-order chi connectivity index (χ0) is 11.7. The minimum absolute atomic E-state index is 0.188. The predicted molar refractivity (Wildman–Crippen MR) is 65.6 cm³/mol. The van der Waals surface area contributed by atoms with Crippen LogP contribution in [-0.2, 0) is 0 Å². The van der Waals surface area contributed by atoms with E-state index in [1.165, 1.54) is 11.1 Å². The molecule has 86 valence electrons. The molecule has 1 aromatic carbocycles. The summed E-state index contributed by atoms with van der Waals surface area (Å²) in [5.41, 5.74) is 3.26. The second-order valence-corrected chi connectivity index (χ2v) is 4.79. The summed E-state index contributed by atoms with van der Waals surface area (Å²) in [4.78, 5) is 14.2. The van der Waals surface area contributed by atoms with E-state index < -0.39 is 0 Å². The zero-order valence-electron chi connectivity index (χ0n) is 10.3. The number of benzene rings is 1. The molecule has 1 unspecified atom stereocenters. The number of hydrogen-bond donors (Lipinski definition) is 0. The lowest BCUT2D eigenvalue weighted by Crippen LogP contribution is -2.33. The molecular formula is C14H19NO. The van der Waals surface area contributed by atoms with Gasteiger partial charge in [-0.05, 0) is 56.9 Å². The van der Waals surface area contributed by atoms with E-state index >= 15 is 0 Å². The second-order valence-electron chi connectivity index (χ2n) is 4.79. The highest BCUT2D eigenvalue weighted by atomic mass is 16.2. The molecule has 2 heteroatoms. The number of hydrogen-bond acceptors (Lipinski definition) is 1. The molecule has 1 aromatic rings. The van der Waals surface area contributed by atoms with Gasteiger partial charge in [0.2, 0.25) is 0 Å². The molecule has 1 amide bonds. The number of carbonyl (C=O) groups excluding carboxylic acids is 1. The number of aryl methyl sites for hydroxylation is 2. The number of carbonyl (C=O) groups is 1. The van der Waals surface area contributed by atoms with Crippen LogP contribution < -0.4 is 0 Å². The van der Waals surface area contributed by atoms with Crippen LogP contribution in [0, 0.1) is 13.8 Å².